The lowest BCUT2D eigenvalue weighted by molar-refractivity contribution is 0.0455. The summed E-state index contributed by atoms with van der Waals surface area (Å²) in [6.45, 7) is 1.85. The van der Waals surface area contributed by atoms with Crippen LogP contribution in [-0.4, -0.2) is 18.5 Å². The van der Waals surface area contributed by atoms with E-state index in [0.717, 1.165) is 19.0 Å². The van der Waals surface area contributed by atoms with Gasteiger partial charge in [-0.1, -0.05) is 34.1 Å². The minimum absolute atomic E-state index is 0.715. The molecule has 1 aliphatic heterocycles. The summed E-state index contributed by atoms with van der Waals surface area (Å²) in [6, 6.07) is 8.38. The fraction of sp³-hybridized carbons (Fsp3) is 0.400. The molecule has 70 valence electrons. The van der Waals surface area contributed by atoms with Gasteiger partial charge in [0.25, 0.3) is 0 Å². The van der Waals surface area contributed by atoms with Crippen LogP contribution in [0.4, 0.5) is 0 Å². The molecule has 1 heterocycles. The van der Waals surface area contributed by atoms with E-state index in [2.05, 4.69) is 34.1 Å². The first-order valence-electron chi connectivity index (χ1n) is 4.29. The van der Waals surface area contributed by atoms with E-state index in [1.165, 1.54) is 10.0 Å². The van der Waals surface area contributed by atoms with Gasteiger partial charge in [0, 0.05) is 10.2 Å². The van der Waals surface area contributed by atoms with Crippen molar-refractivity contribution in [1.82, 2.24) is 0 Å². The lowest BCUT2D eigenvalue weighted by Crippen LogP contribution is -2.30. The number of hydrogen-bond donors (Lipinski definition) is 0. The number of ether oxygens (including phenoxy) is 1. The van der Waals surface area contributed by atoms with Crippen molar-refractivity contribution in [2.45, 2.75) is 11.0 Å². The van der Waals surface area contributed by atoms with Crippen molar-refractivity contribution >= 4 is 27.7 Å². The van der Waals surface area contributed by atoms with Crippen molar-refractivity contribution in [1.29, 1.82) is 0 Å². The summed E-state index contributed by atoms with van der Waals surface area (Å²) in [6.07, 6.45) is 0. The number of halogens is 1. The molecular formula is C10H11BrOS. The number of rotatable bonds is 3. The first-order chi connectivity index (χ1) is 6.36. The van der Waals surface area contributed by atoms with Crippen molar-refractivity contribution in [3.05, 3.63) is 34.3 Å². The molecule has 1 aliphatic rings. The molecule has 1 aromatic rings. The maximum atomic E-state index is 5.12. The second-order valence-corrected chi connectivity index (χ2v) is 5.20. The highest BCUT2D eigenvalue weighted by Gasteiger charge is 2.18. The van der Waals surface area contributed by atoms with Gasteiger partial charge in [0.2, 0.25) is 0 Å². The Bertz CT molecular complexity index is 286. The van der Waals surface area contributed by atoms with Gasteiger partial charge in [0.05, 0.1) is 18.5 Å². The molecule has 0 saturated carbocycles. The first kappa shape index (κ1) is 9.56. The molecule has 0 bridgehead atoms. The first-order valence-corrected chi connectivity index (χ1v) is 6.13. The largest absolute Gasteiger partial charge is 0.379 e. The van der Waals surface area contributed by atoms with E-state index >= 15 is 0 Å². The lowest BCUT2D eigenvalue weighted by Gasteiger charge is -2.25. The van der Waals surface area contributed by atoms with Crippen LogP contribution in [-0.2, 0) is 10.5 Å². The van der Waals surface area contributed by atoms with E-state index in [1.54, 1.807) is 0 Å². The summed E-state index contributed by atoms with van der Waals surface area (Å²) in [4.78, 5) is 0. The number of benzene rings is 1. The van der Waals surface area contributed by atoms with Gasteiger partial charge < -0.3 is 4.74 Å². The SMILES string of the molecule is Brc1ccccc1CSC1COC1. The monoisotopic (exact) mass is 258 g/mol. The van der Waals surface area contributed by atoms with Gasteiger partial charge in [-0.3, -0.25) is 0 Å². The summed E-state index contributed by atoms with van der Waals surface area (Å²) in [5.41, 5.74) is 1.37. The molecule has 0 amide bonds. The smallest absolute Gasteiger partial charge is 0.0608 e. The summed E-state index contributed by atoms with van der Waals surface area (Å²) >= 11 is 5.52. The van der Waals surface area contributed by atoms with Crippen molar-refractivity contribution < 1.29 is 4.74 Å². The molecule has 1 saturated heterocycles. The van der Waals surface area contributed by atoms with Crippen molar-refractivity contribution in [2.75, 3.05) is 13.2 Å². The van der Waals surface area contributed by atoms with Crippen molar-refractivity contribution in [3.63, 3.8) is 0 Å². The normalized spacial score (nSPS) is 17.0. The molecule has 0 spiro atoms. The Hall–Kier alpha value is 0.01000. The highest BCUT2D eigenvalue weighted by Crippen LogP contribution is 2.26. The Labute approximate surface area is 91.0 Å². The lowest BCUT2D eigenvalue weighted by atomic mass is 10.2. The predicted octanol–water partition coefficient (Wildman–Crippen LogP) is 3.08. The van der Waals surface area contributed by atoms with Gasteiger partial charge in [-0.15, -0.1) is 11.8 Å². The quantitative estimate of drug-likeness (QED) is 0.825. The summed E-state index contributed by atoms with van der Waals surface area (Å²) in [7, 11) is 0. The Morgan fingerprint density at radius 3 is 2.77 bits per heavy atom. The third kappa shape index (κ3) is 2.48. The second-order valence-electron chi connectivity index (χ2n) is 3.06. The summed E-state index contributed by atoms with van der Waals surface area (Å²) in [5, 5.41) is 0.715. The summed E-state index contributed by atoms with van der Waals surface area (Å²) < 4.78 is 6.33. The van der Waals surface area contributed by atoms with E-state index < -0.39 is 0 Å². The number of thioether (sulfide) groups is 1. The van der Waals surface area contributed by atoms with Gasteiger partial charge in [0.1, 0.15) is 0 Å². The molecule has 1 aromatic carbocycles. The fourth-order valence-electron chi connectivity index (χ4n) is 1.13. The molecular weight excluding hydrogens is 248 g/mol. The van der Waals surface area contributed by atoms with E-state index in [4.69, 9.17) is 4.74 Å². The average Bonchev–Trinajstić information content (AvgIpc) is 2.05. The third-order valence-electron chi connectivity index (χ3n) is 2.04. The number of hydrogen-bond acceptors (Lipinski definition) is 2. The maximum Gasteiger partial charge on any atom is 0.0608 e. The molecule has 0 atom stereocenters. The van der Waals surface area contributed by atoms with Gasteiger partial charge in [-0.05, 0) is 11.6 Å². The van der Waals surface area contributed by atoms with Crippen LogP contribution in [0.15, 0.2) is 28.7 Å². The van der Waals surface area contributed by atoms with Crippen LogP contribution in [0.1, 0.15) is 5.56 Å². The van der Waals surface area contributed by atoms with Crippen LogP contribution in [0, 0.1) is 0 Å². The van der Waals surface area contributed by atoms with Crippen LogP contribution < -0.4 is 0 Å². The molecule has 1 fully saturated rings. The van der Waals surface area contributed by atoms with E-state index in [1.807, 2.05) is 17.8 Å². The molecule has 0 aliphatic carbocycles. The Balaban J connectivity index is 1.89. The van der Waals surface area contributed by atoms with Gasteiger partial charge >= 0.3 is 0 Å². The average molecular weight is 259 g/mol. The fourth-order valence-corrected chi connectivity index (χ4v) is 2.80. The minimum atomic E-state index is 0.715. The van der Waals surface area contributed by atoms with Gasteiger partial charge in [-0.2, -0.15) is 0 Å². The highest BCUT2D eigenvalue weighted by atomic mass is 79.9. The Kier molecular flexibility index (Phi) is 3.30. The third-order valence-corrected chi connectivity index (χ3v) is 4.03. The van der Waals surface area contributed by atoms with Crippen molar-refractivity contribution in [2.24, 2.45) is 0 Å². The molecule has 13 heavy (non-hydrogen) atoms. The maximum absolute atomic E-state index is 5.12. The zero-order valence-corrected chi connectivity index (χ0v) is 9.61. The molecule has 0 aromatic heterocycles. The van der Waals surface area contributed by atoms with Gasteiger partial charge in [-0.25, -0.2) is 0 Å². The van der Waals surface area contributed by atoms with Crippen LogP contribution >= 0.6 is 27.7 Å². The molecule has 0 N–H and O–H groups in total. The minimum Gasteiger partial charge on any atom is -0.379 e. The second kappa shape index (κ2) is 4.49. The molecule has 1 nitrogen and oxygen atoms in total. The zero-order chi connectivity index (χ0) is 9.10. The summed E-state index contributed by atoms with van der Waals surface area (Å²) in [5.74, 6) is 1.08. The Morgan fingerprint density at radius 2 is 2.15 bits per heavy atom. The Morgan fingerprint density at radius 1 is 1.38 bits per heavy atom. The predicted molar refractivity (Wildman–Crippen MR) is 60.0 cm³/mol. The van der Waals surface area contributed by atoms with Crippen LogP contribution in [0.25, 0.3) is 0 Å². The van der Waals surface area contributed by atoms with Crippen LogP contribution in [0.2, 0.25) is 0 Å². The topological polar surface area (TPSA) is 9.23 Å². The molecule has 0 radical (unpaired) electrons. The van der Waals surface area contributed by atoms with Crippen LogP contribution in [0.3, 0.4) is 0 Å². The zero-order valence-electron chi connectivity index (χ0n) is 7.20. The highest BCUT2D eigenvalue weighted by molar-refractivity contribution is 9.10. The van der Waals surface area contributed by atoms with Crippen LogP contribution in [0.5, 0.6) is 0 Å². The standard InChI is InChI=1S/C10H11BrOS/c11-10-4-2-1-3-8(10)7-13-9-5-12-6-9/h1-4,9H,5-7H2. The van der Waals surface area contributed by atoms with E-state index in [9.17, 15) is 0 Å². The molecule has 3 heteroatoms. The molecule has 2 rings (SSSR count). The van der Waals surface area contributed by atoms with Gasteiger partial charge in [0.15, 0.2) is 0 Å². The van der Waals surface area contributed by atoms with Crippen molar-refractivity contribution in [3.8, 4) is 0 Å². The van der Waals surface area contributed by atoms with E-state index in [-0.39, 0.29) is 0 Å². The molecule has 0 unspecified atom stereocenters. The van der Waals surface area contributed by atoms with E-state index in [0.29, 0.717) is 5.25 Å².